The van der Waals surface area contributed by atoms with Gasteiger partial charge in [-0.2, -0.15) is 0 Å². The summed E-state index contributed by atoms with van der Waals surface area (Å²) in [4.78, 5) is 2.15. The topological polar surface area (TPSA) is 47.7 Å². The highest BCUT2D eigenvalue weighted by Crippen LogP contribution is 2.29. The van der Waals surface area contributed by atoms with E-state index in [1.807, 2.05) is 26.0 Å². The normalized spacial score (nSPS) is 10.7. The number of anilines is 2. The van der Waals surface area contributed by atoms with Crippen LogP contribution in [0.1, 0.15) is 13.8 Å². The van der Waals surface area contributed by atoms with Crippen LogP contribution < -0.4 is 10.6 Å². The number of nitrogen functional groups attached to an aromatic ring is 1. The smallest absolute Gasteiger partial charge is 0.0741 e. The van der Waals surface area contributed by atoms with Gasteiger partial charge in [-0.25, -0.2) is 0 Å². The monoisotopic (exact) mass is 286 g/mol. The molecule has 0 aliphatic rings. The molecule has 0 amide bonds. The zero-order valence-electron chi connectivity index (χ0n) is 11.7. The lowest BCUT2D eigenvalue weighted by Gasteiger charge is -2.26. The van der Waals surface area contributed by atoms with Crippen LogP contribution in [0, 0.1) is 0 Å². The lowest BCUT2D eigenvalue weighted by atomic mass is 10.2. The molecule has 0 aliphatic carbocycles. The zero-order chi connectivity index (χ0) is 14.1. The highest BCUT2D eigenvalue weighted by Gasteiger charge is 2.11. The van der Waals surface area contributed by atoms with Crippen LogP contribution in [0.4, 0.5) is 11.4 Å². The molecule has 0 saturated carbocycles. The van der Waals surface area contributed by atoms with E-state index in [0.29, 0.717) is 37.1 Å². The second-order valence-corrected chi connectivity index (χ2v) is 4.46. The van der Waals surface area contributed by atoms with Crippen molar-refractivity contribution in [1.82, 2.24) is 0 Å². The highest BCUT2D eigenvalue weighted by molar-refractivity contribution is 6.33. The summed E-state index contributed by atoms with van der Waals surface area (Å²) in [6, 6.07) is 5.67. The molecule has 0 aromatic heterocycles. The molecule has 0 aliphatic heterocycles. The number of halogens is 1. The standard InChI is InChI=1S/C14H23ClN2O2/c1-3-18-10-8-17(9-11-19-4-2)13-7-5-6-12(15)14(13)16/h5-7H,3-4,8-11,16H2,1-2H3. The van der Waals surface area contributed by atoms with Gasteiger partial charge in [-0.15, -0.1) is 0 Å². The Morgan fingerprint density at radius 3 is 2.21 bits per heavy atom. The molecule has 0 saturated heterocycles. The molecule has 0 bridgehead atoms. The summed E-state index contributed by atoms with van der Waals surface area (Å²) in [5.41, 5.74) is 7.58. The van der Waals surface area contributed by atoms with Crippen LogP contribution in [0.3, 0.4) is 0 Å². The first kappa shape index (κ1) is 16.1. The minimum absolute atomic E-state index is 0.579. The van der Waals surface area contributed by atoms with Gasteiger partial charge in [0.05, 0.1) is 29.6 Å². The SMILES string of the molecule is CCOCCN(CCOCC)c1cccc(Cl)c1N. The van der Waals surface area contributed by atoms with E-state index in [2.05, 4.69) is 4.90 Å². The average Bonchev–Trinajstić information content (AvgIpc) is 2.41. The molecule has 0 heterocycles. The van der Waals surface area contributed by atoms with Gasteiger partial charge in [0, 0.05) is 26.3 Å². The molecule has 0 unspecified atom stereocenters. The van der Waals surface area contributed by atoms with Gasteiger partial charge in [-0.3, -0.25) is 0 Å². The van der Waals surface area contributed by atoms with Gasteiger partial charge in [-0.1, -0.05) is 17.7 Å². The molecule has 1 aromatic rings. The van der Waals surface area contributed by atoms with Crippen LogP contribution in [0.5, 0.6) is 0 Å². The van der Waals surface area contributed by atoms with Crippen LogP contribution in [0.25, 0.3) is 0 Å². The Kier molecular flexibility index (Phi) is 7.63. The van der Waals surface area contributed by atoms with E-state index >= 15 is 0 Å². The summed E-state index contributed by atoms with van der Waals surface area (Å²) in [6.07, 6.45) is 0. The first-order chi connectivity index (χ1) is 9.20. The Bertz CT molecular complexity index is 364. The van der Waals surface area contributed by atoms with E-state index in [1.54, 1.807) is 6.07 Å². The van der Waals surface area contributed by atoms with Crippen LogP contribution in [0.2, 0.25) is 5.02 Å². The van der Waals surface area contributed by atoms with Crippen molar-refractivity contribution in [2.45, 2.75) is 13.8 Å². The lowest BCUT2D eigenvalue weighted by molar-refractivity contribution is 0.141. The Morgan fingerprint density at radius 2 is 1.68 bits per heavy atom. The first-order valence-corrected chi connectivity index (χ1v) is 7.02. The number of rotatable bonds is 9. The van der Waals surface area contributed by atoms with Crippen molar-refractivity contribution in [3.8, 4) is 0 Å². The quantitative estimate of drug-likeness (QED) is 0.560. The van der Waals surface area contributed by atoms with Gasteiger partial charge in [0.15, 0.2) is 0 Å². The number of nitrogens with zero attached hydrogens (tertiary/aromatic N) is 1. The third-order valence-electron chi connectivity index (χ3n) is 2.79. The Hall–Kier alpha value is -0.970. The van der Waals surface area contributed by atoms with E-state index in [1.165, 1.54) is 0 Å². The van der Waals surface area contributed by atoms with E-state index in [0.717, 1.165) is 18.8 Å². The third kappa shape index (κ3) is 5.27. The van der Waals surface area contributed by atoms with Crippen LogP contribution in [0.15, 0.2) is 18.2 Å². The molecule has 0 atom stereocenters. The van der Waals surface area contributed by atoms with Crippen molar-refractivity contribution in [3.05, 3.63) is 23.2 Å². The zero-order valence-corrected chi connectivity index (χ0v) is 12.4. The summed E-state index contributed by atoms with van der Waals surface area (Å²) in [7, 11) is 0. The molecular formula is C14H23ClN2O2. The molecule has 0 fully saturated rings. The summed E-state index contributed by atoms with van der Waals surface area (Å²) < 4.78 is 10.8. The maximum absolute atomic E-state index is 6.07. The molecule has 19 heavy (non-hydrogen) atoms. The van der Waals surface area contributed by atoms with Gasteiger partial charge in [-0.05, 0) is 26.0 Å². The second-order valence-electron chi connectivity index (χ2n) is 4.05. The summed E-state index contributed by atoms with van der Waals surface area (Å²) in [5, 5.41) is 0.579. The van der Waals surface area contributed by atoms with E-state index in [-0.39, 0.29) is 0 Å². The van der Waals surface area contributed by atoms with Crippen molar-refractivity contribution in [2.75, 3.05) is 50.2 Å². The Labute approximate surface area is 120 Å². The molecule has 1 rings (SSSR count). The van der Waals surface area contributed by atoms with Gasteiger partial charge in [0.25, 0.3) is 0 Å². The minimum Gasteiger partial charge on any atom is -0.396 e. The molecule has 5 heteroatoms. The summed E-state index contributed by atoms with van der Waals surface area (Å²) in [5.74, 6) is 0. The number of benzene rings is 1. The molecule has 0 radical (unpaired) electrons. The van der Waals surface area contributed by atoms with Gasteiger partial charge in [0.2, 0.25) is 0 Å². The number of nitrogens with two attached hydrogens (primary N) is 1. The average molecular weight is 287 g/mol. The molecule has 108 valence electrons. The minimum atomic E-state index is 0.579. The molecule has 4 nitrogen and oxygen atoms in total. The molecular weight excluding hydrogens is 264 g/mol. The van der Waals surface area contributed by atoms with Crippen molar-refractivity contribution in [1.29, 1.82) is 0 Å². The first-order valence-electron chi connectivity index (χ1n) is 6.65. The molecule has 2 N–H and O–H groups in total. The van der Waals surface area contributed by atoms with Crippen molar-refractivity contribution in [2.24, 2.45) is 0 Å². The summed E-state index contributed by atoms with van der Waals surface area (Å²) in [6.45, 7) is 8.26. The fourth-order valence-electron chi connectivity index (χ4n) is 1.79. The number of para-hydroxylation sites is 1. The van der Waals surface area contributed by atoms with Crippen LogP contribution in [-0.4, -0.2) is 39.5 Å². The van der Waals surface area contributed by atoms with Gasteiger partial charge in [0.1, 0.15) is 0 Å². The second kappa shape index (κ2) is 9.02. The maximum Gasteiger partial charge on any atom is 0.0741 e. The van der Waals surface area contributed by atoms with E-state index < -0.39 is 0 Å². The van der Waals surface area contributed by atoms with Crippen LogP contribution >= 0.6 is 11.6 Å². The highest BCUT2D eigenvalue weighted by atomic mass is 35.5. The maximum atomic E-state index is 6.07. The summed E-state index contributed by atoms with van der Waals surface area (Å²) >= 11 is 6.07. The number of hydrogen-bond acceptors (Lipinski definition) is 4. The number of ether oxygens (including phenoxy) is 2. The molecule has 0 spiro atoms. The Morgan fingerprint density at radius 1 is 1.11 bits per heavy atom. The predicted molar refractivity (Wildman–Crippen MR) is 81.1 cm³/mol. The van der Waals surface area contributed by atoms with Gasteiger partial charge < -0.3 is 20.1 Å². The predicted octanol–water partition coefficient (Wildman–Crippen LogP) is 2.80. The number of hydrogen-bond donors (Lipinski definition) is 1. The molecule has 1 aromatic carbocycles. The fourth-order valence-corrected chi connectivity index (χ4v) is 1.96. The lowest BCUT2D eigenvalue weighted by Crippen LogP contribution is -2.31. The largest absolute Gasteiger partial charge is 0.396 e. The van der Waals surface area contributed by atoms with Crippen molar-refractivity contribution < 1.29 is 9.47 Å². The van der Waals surface area contributed by atoms with Crippen molar-refractivity contribution in [3.63, 3.8) is 0 Å². The third-order valence-corrected chi connectivity index (χ3v) is 3.12. The van der Waals surface area contributed by atoms with Gasteiger partial charge >= 0.3 is 0 Å². The Balaban J connectivity index is 2.72. The fraction of sp³-hybridized carbons (Fsp3) is 0.571. The van der Waals surface area contributed by atoms with E-state index in [4.69, 9.17) is 26.8 Å². The van der Waals surface area contributed by atoms with E-state index in [9.17, 15) is 0 Å². The van der Waals surface area contributed by atoms with Crippen molar-refractivity contribution >= 4 is 23.0 Å². The van der Waals surface area contributed by atoms with Crippen LogP contribution in [-0.2, 0) is 9.47 Å².